The minimum Gasteiger partial charge on any atom is -0.496 e. The maximum atomic E-state index is 5.43. The first-order valence-electron chi connectivity index (χ1n) is 6.41. The predicted octanol–water partition coefficient (Wildman–Crippen LogP) is 1.71. The average molecular weight is 250 g/mol. The molecule has 0 bridgehead atoms. The van der Waals surface area contributed by atoms with Gasteiger partial charge in [-0.1, -0.05) is 0 Å². The molecule has 1 aliphatic rings. The van der Waals surface area contributed by atoms with Crippen LogP contribution >= 0.6 is 0 Å². The van der Waals surface area contributed by atoms with Gasteiger partial charge in [0.1, 0.15) is 5.75 Å². The Hall–Kier alpha value is -1.26. The van der Waals surface area contributed by atoms with Crippen LogP contribution in [0.3, 0.4) is 0 Å². The van der Waals surface area contributed by atoms with Crippen LogP contribution in [0, 0.1) is 13.8 Å². The van der Waals surface area contributed by atoms with Crippen molar-refractivity contribution in [3.05, 3.63) is 23.3 Å². The summed E-state index contributed by atoms with van der Waals surface area (Å²) in [5, 5.41) is 6.88. The topological polar surface area (TPSA) is 42.5 Å². The van der Waals surface area contributed by atoms with Crippen LogP contribution in [0.25, 0.3) is 0 Å². The van der Waals surface area contributed by atoms with Crippen LogP contribution in [-0.2, 0) is 4.74 Å². The van der Waals surface area contributed by atoms with Gasteiger partial charge in [-0.3, -0.25) is 0 Å². The van der Waals surface area contributed by atoms with Crippen LogP contribution in [0.2, 0.25) is 0 Å². The maximum Gasteiger partial charge on any atom is 0.124 e. The van der Waals surface area contributed by atoms with Gasteiger partial charge in [-0.2, -0.15) is 0 Å². The number of anilines is 1. The zero-order chi connectivity index (χ0) is 13.0. The maximum absolute atomic E-state index is 5.43. The van der Waals surface area contributed by atoms with Crippen molar-refractivity contribution < 1.29 is 9.47 Å². The molecule has 18 heavy (non-hydrogen) atoms. The van der Waals surface area contributed by atoms with E-state index in [-0.39, 0.29) is 0 Å². The fourth-order valence-electron chi connectivity index (χ4n) is 2.37. The Balaban J connectivity index is 1.96. The zero-order valence-electron chi connectivity index (χ0n) is 11.4. The van der Waals surface area contributed by atoms with Gasteiger partial charge in [-0.15, -0.1) is 0 Å². The van der Waals surface area contributed by atoms with Gasteiger partial charge >= 0.3 is 0 Å². The highest BCUT2D eigenvalue weighted by molar-refractivity contribution is 5.55. The molecular formula is C14H22N2O2. The van der Waals surface area contributed by atoms with E-state index in [2.05, 4.69) is 36.6 Å². The summed E-state index contributed by atoms with van der Waals surface area (Å²) in [5.74, 6) is 0.972. The SMILES string of the molecule is COc1c(C)cc(NCC2COCCN2)cc1C. The van der Waals surface area contributed by atoms with E-state index >= 15 is 0 Å². The number of hydrogen-bond acceptors (Lipinski definition) is 4. The van der Waals surface area contributed by atoms with Gasteiger partial charge in [0.25, 0.3) is 0 Å². The van der Waals surface area contributed by atoms with E-state index in [0.29, 0.717) is 6.04 Å². The normalized spacial score (nSPS) is 19.6. The molecule has 1 saturated heterocycles. The third kappa shape index (κ3) is 3.15. The first-order chi connectivity index (χ1) is 8.70. The number of aryl methyl sites for hydroxylation is 2. The quantitative estimate of drug-likeness (QED) is 0.854. The molecule has 2 N–H and O–H groups in total. The molecule has 1 fully saturated rings. The van der Waals surface area contributed by atoms with Crippen LogP contribution < -0.4 is 15.4 Å². The van der Waals surface area contributed by atoms with Crippen LogP contribution in [0.4, 0.5) is 5.69 Å². The molecule has 1 atom stereocenters. The Morgan fingerprint density at radius 1 is 1.39 bits per heavy atom. The smallest absolute Gasteiger partial charge is 0.124 e. The van der Waals surface area contributed by atoms with Crippen molar-refractivity contribution in [3.8, 4) is 5.75 Å². The lowest BCUT2D eigenvalue weighted by atomic mass is 10.1. The first kappa shape index (κ1) is 13.2. The van der Waals surface area contributed by atoms with E-state index < -0.39 is 0 Å². The lowest BCUT2D eigenvalue weighted by Crippen LogP contribution is -2.45. The molecule has 0 saturated carbocycles. The summed E-state index contributed by atoms with van der Waals surface area (Å²) in [5.41, 5.74) is 3.46. The molecule has 1 aromatic carbocycles. The summed E-state index contributed by atoms with van der Waals surface area (Å²) >= 11 is 0. The van der Waals surface area contributed by atoms with Crippen LogP contribution in [0.15, 0.2) is 12.1 Å². The summed E-state index contributed by atoms with van der Waals surface area (Å²) in [6, 6.07) is 4.63. The average Bonchev–Trinajstić information content (AvgIpc) is 2.37. The Morgan fingerprint density at radius 2 is 2.11 bits per heavy atom. The molecule has 0 spiro atoms. The van der Waals surface area contributed by atoms with E-state index in [1.54, 1.807) is 7.11 Å². The summed E-state index contributed by atoms with van der Waals surface area (Å²) in [6.45, 7) is 7.55. The van der Waals surface area contributed by atoms with E-state index in [9.17, 15) is 0 Å². The number of rotatable bonds is 4. The third-order valence-electron chi connectivity index (χ3n) is 3.22. The number of nitrogens with one attached hydrogen (secondary N) is 2. The van der Waals surface area contributed by atoms with Crippen LogP contribution in [-0.4, -0.2) is 39.5 Å². The second kappa shape index (κ2) is 6.07. The molecular weight excluding hydrogens is 228 g/mol. The number of hydrogen-bond donors (Lipinski definition) is 2. The second-order valence-corrected chi connectivity index (χ2v) is 4.75. The first-order valence-corrected chi connectivity index (χ1v) is 6.41. The standard InChI is InChI=1S/C14H22N2O2/c1-10-6-12(7-11(2)14(10)17-3)16-8-13-9-18-5-4-15-13/h6-7,13,15-16H,4-5,8-9H2,1-3H3. The van der Waals surface area contributed by atoms with Gasteiger partial charge in [-0.05, 0) is 37.1 Å². The molecule has 1 unspecified atom stereocenters. The Morgan fingerprint density at radius 3 is 2.67 bits per heavy atom. The molecule has 0 aromatic heterocycles. The number of methoxy groups -OCH3 is 1. The minimum atomic E-state index is 0.390. The zero-order valence-corrected chi connectivity index (χ0v) is 11.4. The second-order valence-electron chi connectivity index (χ2n) is 4.75. The molecule has 100 valence electrons. The molecule has 0 radical (unpaired) electrons. The van der Waals surface area contributed by atoms with Gasteiger partial charge in [0.15, 0.2) is 0 Å². The summed E-state index contributed by atoms with van der Waals surface area (Å²) in [7, 11) is 1.71. The largest absolute Gasteiger partial charge is 0.496 e. The highest BCUT2D eigenvalue weighted by Crippen LogP contribution is 2.26. The van der Waals surface area contributed by atoms with E-state index in [1.165, 1.54) is 0 Å². The lowest BCUT2D eigenvalue weighted by molar-refractivity contribution is 0.0806. The number of morpholine rings is 1. The van der Waals surface area contributed by atoms with E-state index in [1.807, 2.05) is 0 Å². The van der Waals surface area contributed by atoms with Crippen molar-refractivity contribution in [2.75, 3.05) is 38.7 Å². The summed E-state index contributed by atoms with van der Waals surface area (Å²) in [6.07, 6.45) is 0. The van der Waals surface area contributed by atoms with E-state index in [0.717, 1.165) is 48.9 Å². The van der Waals surface area contributed by atoms with Gasteiger partial charge < -0.3 is 20.1 Å². The molecule has 2 rings (SSSR count). The summed E-state index contributed by atoms with van der Waals surface area (Å²) in [4.78, 5) is 0. The predicted molar refractivity (Wildman–Crippen MR) is 73.6 cm³/mol. The lowest BCUT2D eigenvalue weighted by Gasteiger charge is -2.24. The molecule has 0 amide bonds. The highest BCUT2D eigenvalue weighted by Gasteiger charge is 2.12. The Labute approximate surface area is 109 Å². The van der Waals surface area contributed by atoms with Crippen molar-refractivity contribution in [1.82, 2.24) is 5.32 Å². The fraction of sp³-hybridized carbons (Fsp3) is 0.571. The Bertz CT molecular complexity index is 378. The van der Waals surface area contributed by atoms with Gasteiger partial charge in [0.05, 0.1) is 20.3 Å². The van der Waals surface area contributed by atoms with Crippen molar-refractivity contribution in [2.45, 2.75) is 19.9 Å². The summed E-state index contributed by atoms with van der Waals surface area (Å²) < 4.78 is 10.8. The molecule has 1 heterocycles. The third-order valence-corrected chi connectivity index (χ3v) is 3.22. The fourth-order valence-corrected chi connectivity index (χ4v) is 2.37. The molecule has 4 nitrogen and oxygen atoms in total. The van der Waals surface area contributed by atoms with Crippen LogP contribution in [0.1, 0.15) is 11.1 Å². The van der Waals surface area contributed by atoms with Crippen molar-refractivity contribution >= 4 is 5.69 Å². The molecule has 4 heteroatoms. The number of ether oxygens (including phenoxy) is 2. The van der Waals surface area contributed by atoms with Crippen molar-refractivity contribution in [3.63, 3.8) is 0 Å². The van der Waals surface area contributed by atoms with Gasteiger partial charge in [-0.25, -0.2) is 0 Å². The minimum absolute atomic E-state index is 0.390. The highest BCUT2D eigenvalue weighted by atomic mass is 16.5. The van der Waals surface area contributed by atoms with Gasteiger partial charge in [0.2, 0.25) is 0 Å². The van der Waals surface area contributed by atoms with Crippen LogP contribution in [0.5, 0.6) is 5.75 Å². The Kier molecular flexibility index (Phi) is 4.44. The van der Waals surface area contributed by atoms with E-state index in [4.69, 9.17) is 9.47 Å². The number of benzene rings is 1. The van der Waals surface area contributed by atoms with Crippen molar-refractivity contribution in [2.24, 2.45) is 0 Å². The molecule has 1 aliphatic heterocycles. The van der Waals surface area contributed by atoms with Gasteiger partial charge in [0, 0.05) is 24.8 Å². The molecule has 1 aromatic rings. The molecule has 0 aliphatic carbocycles. The monoisotopic (exact) mass is 250 g/mol. The van der Waals surface area contributed by atoms with Crippen molar-refractivity contribution in [1.29, 1.82) is 0 Å².